The van der Waals surface area contributed by atoms with Crippen molar-refractivity contribution in [2.75, 3.05) is 33.9 Å². The lowest BCUT2D eigenvalue weighted by atomic mass is 10.1. The van der Waals surface area contributed by atoms with Crippen LogP contribution in [-0.4, -0.2) is 49.8 Å². The summed E-state index contributed by atoms with van der Waals surface area (Å²) in [6, 6.07) is 13.1. The molecule has 0 spiro atoms. The van der Waals surface area contributed by atoms with E-state index in [9.17, 15) is 9.18 Å². The highest BCUT2D eigenvalue weighted by Crippen LogP contribution is 2.34. The summed E-state index contributed by atoms with van der Waals surface area (Å²) < 4.78 is 29.7. The Bertz CT molecular complexity index is 1030. The average molecular weight is 411 g/mol. The van der Waals surface area contributed by atoms with Crippen molar-refractivity contribution in [3.8, 4) is 22.8 Å². The first-order valence-electron chi connectivity index (χ1n) is 9.58. The van der Waals surface area contributed by atoms with E-state index < -0.39 is 0 Å². The highest BCUT2D eigenvalue weighted by atomic mass is 19.1. The number of halogens is 1. The van der Waals surface area contributed by atoms with E-state index in [4.69, 9.17) is 14.0 Å². The molecule has 156 valence electrons. The number of ether oxygens (including phenoxy) is 2. The zero-order valence-corrected chi connectivity index (χ0v) is 16.7. The number of amides is 1. The van der Waals surface area contributed by atoms with Crippen molar-refractivity contribution >= 4 is 5.91 Å². The van der Waals surface area contributed by atoms with Crippen LogP contribution >= 0.6 is 0 Å². The molecule has 8 heteroatoms. The van der Waals surface area contributed by atoms with Crippen LogP contribution in [0, 0.1) is 5.82 Å². The van der Waals surface area contributed by atoms with Gasteiger partial charge in [-0.3, -0.25) is 4.79 Å². The Morgan fingerprint density at radius 1 is 1.10 bits per heavy atom. The maximum atomic E-state index is 13.2. The van der Waals surface area contributed by atoms with Crippen LogP contribution in [0.2, 0.25) is 0 Å². The normalized spacial score (nSPS) is 13.9. The van der Waals surface area contributed by atoms with E-state index in [0.29, 0.717) is 37.0 Å². The van der Waals surface area contributed by atoms with Crippen LogP contribution in [-0.2, 0) is 0 Å². The highest BCUT2D eigenvalue weighted by molar-refractivity contribution is 5.93. The van der Waals surface area contributed by atoms with Gasteiger partial charge < -0.3 is 24.2 Å². The molecule has 3 aromatic rings. The molecule has 1 aliphatic rings. The lowest BCUT2D eigenvalue weighted by Crippen LogP contribution is -2.34. The van der Waals surface area contributed by atoms with E-state index >= 15 is 0 Å². The summed E-state index contributed by atoms with van der Waals surface area (Å²) in [5.74, 6) is 1.12. The summed E-state index contributed by atoms with van der Waals surface area (Å²) in [5, 5.41) is 6.76. The van der Waals surface area contributed by atoms with Crippen LogP contribution in [0.1, 0.15) is 22.1 Å². The molecule has 4 rings (SSSR count). The molecule has 1 amide bonds. The molecular weight excluding hydrogens is 389 g/mol. The number of nitrogens with zero attached hydrogens (tertiary/aromatic N) is 2. The highest BCUT2D eigenvalue weighted by Gasteiger charge is 2.20. The van der Waals surface area contributed by atoms with Gasteiger partial charge in [-0.2, -0.15) is 0 Å². The number of nitrogens with one attached hydrogen (secondary N) is 1. The number of hydrogen-bond acceptors (Lipinski definition) is 6. The van der Waals surface area contributed by atoms with Crippen LogP contribution < -0.4 is 14.8 Å². The van der Waals surface area contributed by atoms with Gasteiger partial charge in [-0.05, 0) is 50.0 Å². The summed E-state index contributed by atoms with van der Waals surface area (Å²) in [7, 11) is 3.80. The van der Waals surface area contributed by atoms with Gasteiger partial charge in [-0.25, -0.2) is 4.39 Å². The third-order valence-electron chi connectivity index (χ3n) is 4.90. The Morgan fingerprint density at radius 3 is 2.57 bits per heavy atom. The number of fused-ring (bicyclic) bond motifs is 1. The molecule has 0 aliphatic carbocycles. The summed E-state index contributed by atoms with van der Waals surface area (Å²) in [6.07, 6.45) is 0. The minimum absolute atomic E-state index is 0.112. The first-order chi connectivity index (χ1) is 14.5. The second-order valence-corrected chi connectivity index (χ2v) is 7.18. The fourth-order valence-corrected chi connectivity index (χ4v) is 3.28. The van der Waals surface area contributed by atoms with Gasteiger partial charge in [0, 0.05) is 18.2 Å². The molecule has 7 nitrogen and oxygen atoms in total. The summed E-state index contributed by atoms with van der Waals surface area (Å²) in [4.78, 5) is 14.5. The SMILES string of the molecule is CN(C)[C@H](CNC(=O)c1cc(-c2ccc3c(c2)OCCO3)on1)c1ccc(F)cc1. The zero-order chi connectivity index (χ0) is 21.1. The fraction of sp³-hybridized carbons (Fsp3) is 0.273. The predicted molar refractivity (Wildman–Crippen MR) is 108 cm³/mol. The molecule has 1 aromatic heterocycles. The van der Waals surface area contributed by atoms with Gasteiger partial charge in [0.15, 0.2) is 23.0 Å². The van der Waals surface area contributed by atoms with E-state index in [1.807, 2.05) is 25.1 Å². The standard InChI is InChI=1S/C22H22FN3O4/c1-26(2)18(14-3-6-16(23)7-4-14)13-24-22(27)17-12-20(30-25-17)15-5-8-19-21(11-15)29-10-9-28-19/h3-8,11-12,18H,9-10,13H2,1-2H3,(H,24,27)/t18-/m1/s1. The molecular formula is C22H22FN3O4. The van der Waals surface area contributed by atoms with Gasteiger partial charge >= 0.3 is 0 Å². The van der Waals surface area contributed by atoms with Crippen molar-refractivity contribution in [1.82, 2.24) is 15.4 Å². The van der Waals surface area contributed by atoms with E-state index in [2.05, 4.69) is 10.5 Å². The molecule has 0 saturated carbocycles. The Morgan fingerprint density at radius 2 is 1.83 bits per heavy atom. The molecule has 1 N–H and O–H groups in total. The van der Waals surface area contributed by atoms with Crippen LogP contribution in [0.3, 0.4) is 0 Å². The Hall–Kier alpha value is -3.39. The quantitative estimate of drug-likeness (QED) is 0.671. The summed E-state index contributed by atoms with van der Waals surface area (Å²) >= 11 is 0. The van der Waals surface area contributed by atoms with Gasteiger partial charge in [0.05, 0.1) is 6.04 Å². The molecule has 2 aromatic carbocycles. The van der Waals surface area contributed by atoms with Gasteiger partial charge in [-0.15, -0.1) is 0 Å². The second-order valence-electron chi connectivity index (χ2n) is 7.18. The van der Waals surface area contributed by atoms with Crippen molar-refractivity contribution in [2.24, 2.45) is 0 Å². The fourth-order valence-electron chi connectivity index (χ4n) is 3.28. The van der Waals surface area contributed by atoms with Crippen LogP contribution in [0.15, 0.2) is 53.1 Å². The third kappa shape index (κ3) is 4.28. The first-order valence-corrected chi connectivity index (χ1v) is 9.58. The molecule has 0 unspecified atom stereocenters. The smallest absolute Gasteiger partial charge is 0.273 e. The summed E-state index contributed by atoms with van der Waals surface area (Å²) in [6.45, 7) is 1.34. The van der Waals surface area contributed by atoms with E-state index in [1.54, 1.807) is 30.3 Å². The number of benzene rings is 2. The molecule has 30 heavy (non-hydrogen) atoms. The molecule has 1 aliphatic heterocycles. The van der Waals surface area contributed by atoms with Crippen LogP contribution in [0.5, 0.6) is 11.5 Å². The second kappa shape index (κ2) is 8.54. The monoisotopic (exact) mass is 411 g/mol. The van der Waals surface area contributed by atoms with Crippen molar-refractivity contribution in [3.05, 3.63) is 65.6 Å². The minimum Gasteiger partial charge on any atom is -0.486 e. The van der Waals surface area contributed by atoms with Gasteiger partial charge in [0.25, 0.3) is 5.91 Å². The molecule has 1 atom stereocenters. The third-order valence-corrected chi connectivity index (χ3v) is 4.90. The largest absolute Gasteiger partial charge is 0.486 e. The minimum atomic E-state index is -0.350. The van der Waals surface area contributed by atoms with Crippen molar-refractivity contribution < 1.29 is 23.2 Å². The first kappa shape index (κ1) is 19.9. The van der Waals surface area contributed by atoms with E-state index in [-0.39, 0.29) is 23.5 Å². The number of hydrogen-bond donors (Lipinski definition) is 1. The Labute approximate surface area is 173 Å². The molecule has 0 fully saturated rings. The van der Waals surface area contributed by atoms with Gasteiger partial charge in [0.1, 0.15) is 19.0 Å². The van der Waals surface area contributed by atoms with Crippen molar-refractivity contribution in [3.63, 3.8) is 0 Å². The topological polar surface area (TPSA) is 76.8 Å². The lowest BCUT2D eigenvalue weighted by Gasteiger charge is -2.25. The lowest BCUT2D eigenvalue weighted by molar-refractivity contribution is 0.0933. The number of rotatable bonds is 6. The number of likely N-dealkylation sites (N-methyl/N-ethyl adjacent to an activating group) is 1. The van der Waals surface area contributed by atoms with Crippen molar-refractivity contribution in [1.29, 1.82) is 0 Å². The predicted octanol–water partition coefficient (Wildman–Crippen LogP) is 3.28. The molecule has 0 radical (unpaired) electrons. The number of carbonyl (C=O) groups excluding carboxylic acids is 1. The maximum Gasteiger partial charge on any atom is 0.273 e. The molecule has 0 bridgehead atoms. The zero-order valence-electron chi connectivity index (χ0n) is 16.7. The number of carbonyl (C=O) groups is 1. The van der Waals surface area contributed by atoms with Crippen LogP contribution in [0.4, 0.5) is 4.39 Å². The van der Waals surface area contributed by atoms with Crippen LogP contribution in [0.25, 0.3) is 11.3 Å². The van der Waals surface area contributed by atoms with Crippen molar-refractivity contribution in [2.45, 2.75) is 6.04 Å². The number of aromatic nitrogens is 1. The summed E-state index contributed by atoms with van der Waals surface area (Å²) in [5.41, 5.74) is 1.82. The molecule has 2 heterocycles. The molecule has 0 saturated heterocycles. The average Bonchev–Trinajstić information content (AvgIpc) is 3.25. The van der Waals surface area contributed by atoms with Gasteiger partial charge in [0.2, 0.25) is 0 Å². The maximum absolute atomic E-state index is 13.2. The Balaban J connectivity index is 1.44. The van der Waals surface area contributed by atoms with E-state index in [1.165, 1.54) is 12.1 Å². The van der Waals surface area contributed by atoms with Gasteiger partial charge in [-0.1, -0.05) is 17.3 Å². The van der Waals surface area contributed by atoms with E-state index in [0.717, 1.165) is 11.1 Å². The Kier molecular flexibility index (Phi) is 5.67.